The number of hydrogen-bond donors (Lipinski definition) is 0. The average molecular weight is 561 g/mol. The first-order valence-corrected chi connectivity index (χ1v) is 16.1. The van der Waals surface area contributed by atoms with Gasteiger partial charge >= 0.3 is 0 Å². The molecule has 0 saturated carbocycles. The van der Waals surface area contributed by atoms with E-state index < -0.39 is 7.14 Å². The molecule has 1 aromatic heterocycles. The Morgan fingerprint density at radius 3 is 2.12 bits per heavy atom. The molecular formula is C38H29N2OP. The van der Waals surface area contributed by atoms with E-state index >= 15 is 4.57 Å². The van der Waals surface area contributed by atoms with Gasteiger partial charge in [-0.25, -0.2) is 4.98 Å². The zero-order valence-corrected chi connectivity index (χ0v) is 24.4. The predicted molar refractivity (Wildman–Crippen MR) is 176 cm³/mol. The summed E-state index contributed by atoms with van der Waals surface area (Å²) in [6.45, 7) is 4.54. The van der Waals surface area contributed by atoms with Gasteiger partial charge in [0.25, 0.3) is 0 Å². The van der Waals surface area contributed by atoms with Crippen LogP contribution in [0.15, 0.2) is 140 Å². The van der Waals surface area contributed by atoms with E-state index in [0.29, 0.717) is 0 Å². The Balaban J connectivity index is 1.51. The Morgan fingerprint density at radius 2 is 1.31 bits per heavy atom. The molecule has 0 radical (unpaired) electrons. The van der Waals surface area contributed by atoms with Crippen molar-refractivity contribution in [3.8, 4) is 17.1 Å². The predicted octanol–water partition coefficient (Wildman–Crippen LogP) is 8.12. The van der Waals surface area contributed by atoms with Gasteiger partial charge in [-0.1, -0.05) is 135 Å². The minimum absolute atomic E-state index is 0.324. The van der Waals surface area contributed by atoms with Gasteiger partial charge in [0.2, 0.25) is 0 Å². The molecule has 0 saturated heterocycles. The molecule has 0 spiro atoms. The topological polar surface area (TPSA) is 34.9 Å². The summed E-state index contributed by atoms with van der Waals surface area (Å²) in [4.78, 5) is 5.28. The lowest BCUT2D eigenvalue weighted by molar-refractivity contribution is 0.592. The van der Waals surface area contributed by atoms with Crippen molar-refractivity contribution in [1.29, 1.82) is 0 Å². The number of imidazole rings is 1. The molecule has 0 N–H and O–H groups in total. The maximum atomic E-state index is 15.9. The first-order chi connectivity index (χ1) is 20.5. The van der Waals surface area contributed by atoms with Crippen LogP contribution in [0.3, 0.4) is 0 Å². The summed E-state index contributed by atoms with van der Waals surface area (Å²) in [5.41, 5.74) is 6.18. The second-order valence-corrected chi connectivity index (χ2v) is 14.3. The summed E-state index contributed by atoms with van der Waals surface area (Å²) in [5, 5.41) is 4.59. The average Bonchev–Trinajstić information content (AvgIpc) is 3.44. The van der Waals surface area contributed by atoms with Gasteiger partial charge in [0.1, 0.15) is 5.82 Å². The molecule has 0 fully saturated rings. The fourth-order valence-corrected chi connectivity index (χ4v) is 9.66. The van der Waals surface area contributed by atoms with Crippen molar-refractivity contribution in [3.05, 3.63) is 151 Å². The van der Waals surface area contributed by atoms with Crippen molar-refractivity contribution in [3.63, 3.8) is 0 Å². The zero-order valence-electron chi connectivity index (χ0n) is 23.5. The highest BCUT2D eigenvalue weighted by Gasteiger charge is 2.39. The molecule has 4 heteroatoms. The summed E-state index contributed by atoms with van der Waals surface area (Å²) in [6.07, 6.45) is 0. The van der Waals surface area contributed by atoms with Crippen LogP contribution in [0.25, 0.3) is 38.9 Å². The Labute approximate surface area is 245 Å². The van der Waals surface area contributed by atoms with Gasteiger partial charge in [0, 0.05) is 26.9 Å². The first kappa shape index (κ1) is 25.0. The number of nitrogens with zero attached hydrogens (tertiary/aromatic N) is 2. The molecule has 1 aliphatic heterocycles. The fourth-order valence-electron chi connectivity index (χ4n) is 6.76. The normalized spacial score (nSPS) is 14.9. The minimum Gasteiger partial charge on any atom is -0.309 e. The maximum Gasteiger partial charge on any atom is 0.171 e. The van der Waals surface area contributed by atoms with Crippen molar-refractivity contribution in [1.82, 2.24) is 9.55 Å². The molecule has 1 aliphatic rings. The van der Waals surface area contributed by atoms with Crippen LogP contribution in [0, 0.1) is 0 Å². The van der Waals surface area contributed by atoms with Crippen molar-refractivity contribution >= 4 is 44.9 Å². The Hall–Kier alpha value is -4.72. The Morgan fingerprint density at radius 1 is 0.643 bits per heavy atom. The lowest BCUT2D eigenvalue weighted by Crippen LogP contribution is -2.30. The molecule has 42 heavy (non-hydrogen) atoms. The third-order valence-corrected chi connectivity index (χ3v) is 11.9. The van der Waals surface area contributed by atoms with E-state index in [2.05, 4.69) is 97.3 Å². The molecule has 202 valence electrons. The van der Waals surface area contributed by atoms with E-state index in [0.717, 1.165) is 60.4 Å². The van der Waals surface area contributed by atoms with Crippen LogP contribution in [-0.4, -0.2) is 9.55 Å². The quantitative estimate of drug-likeness (QED) is 0.204. The third kappa shape index (κ3) is 3.47. The summed E-state index contributed by atoms with van der Waals surface area (Å²) in [7, 11) is -3.31. The SMILES string of the molecule is CC1(C)c2ccccc2-n2c(-c3ccccc3)nc3cc(P(=O)(c4ccccc4)c4cccc5ccccc45)cc1c32. The number of para-hydroxylation sites is 1. The van der Waals surface area contributed by atoms with Gasteiger partial charge in [-0.15, -0.1) is 0 Å². The van der Waals surface area contributed by atoms with Crippen LogP contribution in [0.4, 0.5) is 0 Å². The van der Waals surface area contributed by atoms with Gasteiger partial charge in [-0.2, -0.15) is 0 Å². The van der Waals surface area contributed by atoms with Gasteiger partial charge in [0.05, 0.1) is 16.7 Å². The number of hydrogen-bond acceptors (Lipinski definition) is 2. The zero-order chi connectivity index (χ0) is 28.5. The molecule has 0 bridgehead atoms. The molecular weight excluding hydrogens is 531 g/mol. The molecule has 6 aromatic carbocycles. The van der Waals surface area contributed by atoms with E-state index in [1.807, 2.05) is 60.7 Å². The number of rotatable bonds is 4. The highest BCUT2D eigenvalue weighted by Crippen LogP contribution is 2.50. The van der Waals surface area contributed by atoms with Crippen LogP contribution in [0.5, 0.6) is 0 Å². The molecule has 8 rings (SSSR count). The molecule has 1 unspecified atom stereocenters. The molecule has 3 nitrogen and oxygen atoms in total. The van der Waals surface area contributed by atoms with E-state index in [1.54, 1.807) is 0 Å². The van der Waals surface area contributed by atoms with E-state index in [-0.39, 0.29) is 5.41 Å². The van der Waals surface area contributed by atoms with Crippen molar-refractivity contribution in [2.45, 2.75) is 19.3 Å². The van der Waals surface area contributed by atoms with Crippen LogP contribution in [0.2, 0.25) is 0 Å². The highest BCUT2D eigenvalue weighted by molar-refractivity contribution is 7.85. The highest BCUT2D eigenvalue weighted by atomic mass is 31.2. The molecule has 7 aromatic rings. The van der Waals surface area contributed by atoms with E-state index in [4.69, 9.17) is 4.98 Å². The number of fused-ring (bicyclic) bond motifs is 3. The Bertz CT molecular complexity index is 2190. The summed E-state index contributed by atoms with van der Waals surface area (Å²) >= 11 is 0. The monoisotopic (exact) mass is 560 g/mol. The summed E-state index contributed by atoms with van der Waals surface area (Å²) < 4.78 is 18.2. The summed E-state index contributed by atoms with van der Waals surface area (Å²) in [5.74, 6) is 0.895. The lowest BCUT2D eigenvalue weighted by Gasteiger charge is -2.35. The number of benzene rings is 6. The molecule has 0 amide bonds. The van der Waals surface area contributed by atoms with Crippen LogP contribution >= 0.6 is 7.14 Å². The van der Waals surface area contributed by atoms with Crippen LogP contribution in [0.1, 0.15) is 25.0 Å². The van der Waals surface area contributed by atoms with Gasteiger partial charge in [-0.3, -0.25) is 4.57 Å². The van der Waals surface area contributed by atoms with Crippen molar-refractivity contribution < 1.29 is 4.57 Å². The molecule has 0 aliphatic carbocycles. The lowest BCUT2D eigenvalue weighted by atomic mass is 9.75. The minimum atomic E-state index is -3.31. The van der Waals surface area contributed by atoms with Crippen LogP contribution < -0.4 is 15.9 Å². The van der Waals surface area contributed by atoms with Gasteiger partial charge < -0.3 is 4.57 Å². The third-order valence-electron chi connectivity index (χ3n) is 8.85. The van der Waals surface area contributed by atoms with Gasteiger partial charge in [0.15, 0.2) is 7.14 Å². The van der Waals surface area contributed by atoms with Crippen LogP contribution in [-0.2, 0) is 9.98 Å². The summed E-state index contributed by atoms with van der Waals surface area (Å²) in [6, 6.07) is 47.6. The van der Waals surface area contributed by atoms with Gasteiger partial charge in [-0.05, 0) is 40.1 Å². The largest absolute Gasteiger partial charge is 0.309 e. The van der Waals surface area contributed by atoms with Crippen molar-refractivity contribution in [2.75, 3.05) is 0 Å². The number of aromatic nitrogens is 2. The fraction of sp³-hybridized carbons (Fsp3) is 0.0789. The van der Waals surface area contributed by atoms with E-state index in [1.165, 1.54) is 5.56 Å². The molecule has 1 atom stereocenters. The maximum absolute atomic E-state index is 15.9. The second kappa shape index (κ2) is 9.14. The Kier molecular flexibility index (Phi) is 5.45. The van der Waals surface area contributed by atoms with E-state index in [9.17, 15) is 0 Å². The smallest absolute Gasteiger partial charge is 0.171 e. The molecule has 2 heterocycles. The van der Waals surface area contributed by atoms with Crippen molar-refractivity contribution in [2.24, 2.45) is 0 Å². The second-order valence-electron chi connectivity index (χ2n) is 11.6. The first-order valence-electron chi connectivity index (χ1n) is 14.3. The standard InChI is InChI=1S/C38H29N2OP/c1-38(2)31-21-11-12-22-34(31)40-36-32(38)24-29(25-33(36)39-37(40)27-15-5-3-6-16-27)42(41,28-18-7-4-8-19-28)35-23-13-17-26-14-9-10-20-30(26)35/h3-25H,1-2H3.